The van der Waals surface area contributed by atoms with Crippen molar-refractivity contribution in [2.75, 3.05) is 5.32 Å². The van der Waals surface area contributed by atoms with E-state index in [0.717, 1.165) is 22.6 Å². The van der Waals surface area contributed by atoms with Gasteiger partial charge in [-0.05, 0) is 50.6 Å². The van der Waals surface area contributed by atoms with Crippen molar-refractivity contribution in [1.82, 2.24) is 19.7 Å². The Labute approximate surface area is 195 Å². The zero-order valence-corrected chi connectivity index (χ0v) is 19.3. The SMILES string of the molecule is Cc1cc(C)n(-c2ccc(C(=O)OCc3csc(CC(=O)Nc4ccccc4C)n3)cn2)n1. The number of rotatable bonds is 7. The minimum Gasteiger partial charge on any atom is -0.456 e. The molecule has 0 saturated carbocycles. The predicted molar refractivity (Wildman–Crippen MR) is 126 cm³/mol. The molecule has 0 aliphatic carbocycles. The van der Waals surface area contributed by atoms with Crippen LogP contribution in [-0.2, 0) is 22.6 Å². The van der Waals surface area contributed by atoms with Gasteiger partial charge in [0.05, 0.1) is 23.4 Å². The molecule has 0 fully saturated rings. The Kier molecular flexibility index (Phi) is 6.60. The zero-order chi connectivity index (χ0) is 23.4. The first-order chi connectivity index (χ1) is 15.9. The van der Waals surface area contributed by atoms with E-state index in [1.807, 2.05) is 51.1 Å². The second kappa shape index (κ2) is 9.74. The van der Waals surface area contributed by atoms with Gasteiger partial charge in [0.25, 0.3) is 0 Å². The van der Waals surface area contributed by atoms with Gasteiger partial charge in [-0.1, -0.05) is 18.2 Å². The maximum atomic E-state index is 12.4. The van der Waals surface area contributed by atoms with E-state index in [4.69, 9.17) is 4.74 Å². The van der Waals surface area contributed by atoms with Crippen molar-refractivity contribution < 1.29 is 14.3 Å². The Hall–Kier alpha value is -3.85. The van der Waals surface area contributed by atoms with Crippen LogP contribution in [0.25, 0.3) is 5.82 Å². The van der Waals surface area contributed by atoms with Gasteiger partial charge in [0, 0.05) is 23.0 Å². The Morgan fingerprint density at radius 1 is 1.12 bits per heavy atom. The van der Waals surface area contributed by atoms with Crippen LogP contribution in [0.4, 0.5) is 5.69 Å². The van der Waals surface area contributed by atoms with E-state index < -0.39 is 5.97 Å². The second-order valence-corrected chi connectivity index (χ2v) is 8.54. The number of ether oxygens (including phenoxy) is 1. The summed E-state index contributed by atoms with van der Waals surface area (Å²) >= 11 is 1.36. The highest BCUT2D eigenvalue weighted by Crippen LogP contribution is 2.16. The third kappa shape index (κ3) is 5.50. The molecule has 0 saturated heterocycles. The van der Waals surface area contributed by atoms with Gasteiger partial charge in [-0.2, -0.15) is 5.10 Å². The lowest BCUT2D eigenvalue weighted by Crippen LogP contribution is -2.15. The minimum atomic E-state index is -0.491. The molecule has 0 radical (unpaired) electrons. The second-order valence-electron chi connectivity index (χ2n) is 7.59. The zero-order valence-electron chi connectivity index (χ0n) is 18.5. The van der Waals surface area contributed by atoms with Crippen LogP contribution in [0.1, 0.15) is 38.0 Å². The van der Waals surface area contributed by atoms with E-state index in [1.165, 1.54) is 17.5 Å². The quantitative estimate of drug-likeness (QED) is 0.415. The number of amides is 1. The van der Waals surface area contributed by atoms with Crippen LogP contribution in [0.15, 0.2) is 54.0 Å². The van der Waals surface area contributed by atoms with Crippen molar-refractivity contribution in [3.63, 3.8) is 0 Å². The van der Waals surface area contributed by atoms with Crippen molar-refractivity contribution >= 4 is 28.9 Å². The lowest BCUT2D eigenvalue weighted by Gasteiger charge is -2.07. The first-order valence-corrected chi connectivity index (χ1v) is 11.2. The molecule has 0 unspecified atom stereocenters. The third-order valence-electron chi connectivity index (χ3n) is 4.89. The van der Waals surface area contributed by atoms with E-state index in [9.17, 15) is 9.59 Å². The molecule has 9 heteroatoms. The molecule has 1 amide bonds. The highest BCUT2D eigenvalue weighted by molar-refractivity contribution is 7.09. The maximum absolute atomic E-state index is 12.4. The van der Waals surface area contributed by atoms with E-state index in [0.29, 0.717) is 22.1 Å². The largest absolute Gasteiger partial charge is 0.456 e. The Morgan fingerprint density at radius 3 is 2.64 bits per heavy atom. The number of para-hydroxylation sites is 1. The summed E-state index contributed by atoms with van der Waals surface area (Å²) in [6.07, 6.45) is 1.63. The van der Waals surface area contributed by atoms with E-state index in [2.05, 4.69) is 20.4 Å². The Morgan fingerprint density at radius 2 is 1.94 bits per heavy atom. The molecule has 1 N–H and O–H groups in total. The molecular formula is C24H23N5O3S. The lowest BCUT2D eigenvalue weighted by molar-refractivity contribution is -0.115. The number of anilines is 1. The minimum absolute atomic E-state index is 0.0218. The highest BCUT2D eigenvalue weighted by atomic mass is 32.1. The molecule has 33 heavy (non-hydrogen) atoms. The molecular weight excluding hydrogens is 438 g/mol. The van der Waals surface area contributed by atoms with Crippen LogP contribution in [-0.4, -0.2) is 31.6 Å². The van der Waals surface area contributed by atoms with Crippen molar-refractivity contribution in [2.45, 2.75) is 33.8 Å². The van der Waals surface area contributed by atoms with Gasteiger partial charge in [-0.25, -0.2) is 19.4 Å². The first-order valence-electron chi connectivity index (χ1n) is 10.3. The molecule has 0 aliphatic rings. The Balaban J connectivity index is 1.30. The van der Waals surface area contributed by atoms with Crippen molar-refractivity contribution in [2.24, 2.45) is 0 Å². The lowest BCUT2D eigenvalue weighted by atomic mass is 10.2. The predicted octanol–water partition coefficient (Wildman–Crippen LogP) is 4.19. The molecule has 168 valence electrons. The number of thiazole rings is 1. The first kappa shape index (κ1) is 22.3. The number of pyridine rings is 1. The van der Waals surface area contributed by atoms with E-state index >= 15 is 0 Å². The van der Waals surface area contributed by atoms with Gasteiger partial charge in [-0.15, -0.1) is 11.3 Å². The van der Waals surface area contributed by atoms with Gasteiger partial charge in [0.1, 0.15) is 11.6 Å². The molecule has 4 aromatic rings. The summed E-state index contributed by atoms with van der Waals surface area (Å²) in [6.45, 7) is 5.82. The number of aromatic nitrogens is 4. The van der Waals surface area contributed by atoms with Gasteiger partial charge >= 0.3 is 5.97 Å². The van der Waals surface area contributed by atoms with Crippen LogP contribution in [0, 0.1) is 20.8 Å². The molecule has 4 rings (SSSR count). The van der Waals surface area contributed by atoms with Gasteiger partial charge in [0.2, 0.25) is 5.91 Å². The molecule has 0 aliphatic heterocycles. The highest BCUT2D eigenvalue weighted by Gasteiger charge is 2.13. The number of hydrogen-bond acceptors (Lipinski definition) is 7. The number of carbonyl (C=O) groups is 2. The fourth-order valence-electron chi connectivity index (χ4n) is 3.26. The standard InChI is InChI=1S/C24H23N5O3S/c1-15-6-4-5-7-20(15)27-22(30)11-23-26-19(14-33-23)13-32-24(31)18-8-9-21(25-12-18)29-17(3)10-16(2)28-29/h4-10,12,14H,11,13H2,1-3H3,(H,27,30). The van der Waals surface area contributed by atoms with Crippen molar-refractivity contribution in [3.8, 4) is 5.82 Å². The molecule has 3 heterocycles. The van der Waals surface area contributed by atoms with E-state index in [-0.39, 0.29) is 18.9 Å². The summed E-state index contributed by atoms with van der Waals surface area (Å²) in [6, 6.07) is 12.9. The number of esters is 1. The molecule has 0 atom stereocenters. The molecule has 1 aromatic carbocycles. The summed E-state index contributed by atoms with van der Waals surface area (Å²) in [7, 11) is 0. The summed E-state index contributed by atoms with van der Waals surface area (Å²) in [4.78, 5) is 33.4. The number of carbonyl (C=O) groups excluding carboxylic acids is 2. The number of benzene rings is 1. The van der Waals surface area contributed by atoms with E-state index in [1.54, 1.807) is 22.2 Å². The number of hydrogen-bond donors (Lipinski definition) is 1. The summed E-state index contributed by atoms with van der Waals surface area (Å²) < 4.78 is 7.08. The maximum Gasteiger partial charge on any atom is 0.340 e. The van der Waals surface area contributed by atoms with Crippen LogP contribution in [0.2, 0.25) is 0 Å². The number of aryl methyl sites for hydroxylation is 3. The average Bonchev–Trinajstić information content (AvgIpc) is 3.38. The summed E-state index contributed by atoms with van der Waals surface area (Å²) in [5.41, 5.74) is 4.57. The number of nitrogens with one attached hydrogen (secondary N) is 1. The van der Waals surface area contributed by atoms with Gasteiger partial charge in [0.15, 0.2) is 5.82 Å². The number of nitrogens with zero attached hydrogens (tertiary/aromatic N) is 4. The van der Waals surface area contributed by atoms with Crippen LogP contribution >= 0.6 is 11.3 Å². The van der Waals surface area contributed by atoms with Gasteiger partial charge < -0.3 is 10.1 Å². The van der Waals surface area contributed by atoms with Crippen LogP contribution < -0.4 is 5.32 Å². The van der Waals surface area contributed by atoms with Crippen LogP contribution in [0.3, 0.4) is 0 Å². The third-order valence-corrected chi connectivity index (χ3v) is 5.79. The molecule has 8 nitrogen and oxygen atoms in total. The van der Waals surface area contributed by atoms with Crippen LogP contribution in [0.5, 0.6) is 0 Å². The van der Waals surface area contributed by atoms with Gasteiger partial charge in [-0.3, -0.25) is 4.79 Å². The Bertz CT molecular complexity index is 1290. The summed E-state index contributed by atoms with van der Waals surface area (Å²) in [5.74, 6) is -0.00417. The molecule has 0 spiro atoms. The molecule has 3 aromatic heterocycles. The van der Waals surface area contributed by atoms with Crippen molar-refractivity contribution in [3.05, 3.63) is 87.3 Å². The fourth-order valence-corrected chi connectivity index (χ4v) is 4.03. The monoisotopic (exact) mass is 461 g/mol. The summed E-state index contributed by atoms with van der Waals surface area (Å²) in [5, 5.41) is 9.71. The smallest absolute Gasteiger partial charge is 0.340 e. The molecule has 0 bridgehead atoms. The normalized spacial score (nSPS) is 10.8. The van der Waals surface area contributed by atoms with Crippen molar-refractivity contribution in [1.29, 1.82) is 0 Å². The average molecular weight is 462 g/mol. The topological polar surface area (TPSA) is 99.0 Å². The fraction of sp³-hybridized carbons (Fsp3) is 0.208.